The van der Waals surface area contributed by atoms with Crippen LogP contribution in [-0.2, 0) is 13.1 Å². The van der Waals surface area contributed by atoms with E-state index in [0.29, 0.717) is 6.04 Å². The first-order chi connectivity index (χ1) is 8.65. The Bertz CT molecular complexity index is 407. The minimum absolute atomic E-state index is 0.558. The van der Waals surface area contributed by atoms with Gasteiger partial charge in [0, 0.05) is 42.0 Å². The van der Waals surface area contributed by atoms with Crippen molar-refractivity contribution in [1.29, 1.82) is 0 Å². The van der Waals surface area contributed by atoms with E-state index in [1.54, 1.807) is 0 Å². The Morgan fingerprint density at radius 1 is 1.39 bits per heavy atom. The molecule has 0 atom stereocenters. The van der Waals surface area contributed by atoms with Gasteiger partial charge in [0.2, 0.25) is 0 Å². The molecular formula is C15H24N2S. The fraction of sp³-hybridized carbons (Fsp3) is 0.600. The largest absolute Gasteiger partial charge is 0.310 e. The Morgan fingerprint density at radius 3 is 2.89 bits per heavy atom. The maximum absolute atomic E-state index is 3.49. The lowest BCUT2D eigenvalue weighted by Crippen LogP contribution is -2.26. The topological polar surface area (TPSA) is 15.3 Å². The summed E-state index contributed by atoms with van der Waals surface area (Å²) in [5.41, 5.74) is 1.51. The highest BCUT2D eigenvalue weighted by Gasteiger charge is 2.11. The predicted octanol–water partition coefficient (Wildman–Crippen LogP) is 3.32. The first-order valence-electron chi connectivity index (χ1n) is 6.84. The molecule has 0 aliphatic carbocycles. The summed E-state index contributed by atoms with van der Waals surface area (Å²) in [6.45, 7) is 11.1. The molecule has 2 rings (SSSR count). The van der Waals surface area contributed by atoms with Crippen LogP contribution < -0.4 is 5.32 Å². The smallest absolute Gasteiger partial charge is 0.0302 e. The first kappa shape index (κ1) is 13.8. The van der Waals surface area contributed by atoms with Gasteiger partial charge >= 0.3 is 0 Å². The van der Waals surface area contributed by atoms with Crippen LogP contribution in [0.5, 0.6) is 0 Å². The third kappa shape index (κ3) is 3.94. The molecule has 1 N–H and O–H groups in total. The number of hydrogen-bond acceptors (Lipinski definition) is 3. The van der Waals surface area contributed by atoms with Gasteiger partial charge in [-0.3, -0.25) is 4.90 Å². The molecule has 1 aromatic heterocycles. The van der Waals surface area contributed by atoms with Crippen LogP contribution in [0.3, 0.4) is 0 Å². The van der Waals surface area contributed by atoms with Crippen molar-refractivity contribution in [3.63, 3.8) is 0 Å². The van der Waals surface area contributed by atoms with Gasteiger partial charge in [0.15, 0.2) is 0 Å². The molecule has 0 bridgehead atoms. The third-order valence-corrected chi connectivity index (χ3v) is 4.39. The molecular weight excluding hydrogens is 240 g/mol. The molecule has 18 heavy (non-hydrogen) atoms. The molecule has 0 unspecified atom stereocenters. The summed E-state index contributed by atoms with van der Waals surface area (Å²) in [4.78, 5) is 5.46. The highest BCUT2D eigenvalue weighted by Crippen LogP contribution is 2.23. The van der Waals surface area contributed by atoms with Gasteiger partial charge in [0.1, 0.15) is 0 Å². The molecule has 2 heterocycles. The van der Waals surface area contributed by atoms with Crippen molar-refractivity contribution in [3.8, 4) is 0 Å². The summed E-state index contributed by atoms with van der Waals surface area (Å²) in [5.74, 6) is 0. The average molecular weight is 264 g/mol. The monoisotopic (exact) mass is 264 g/mol. The third-order valence-electron chi connectivity index (χ3n) is 3.29. The summed E-state index contributed by atoms with van der Waals surface area (Å²) in [7, 11) is 0. The minimum atomic E-state index is 0.558. The zero-order valence-corrected chi connectivity index (χ0v) is 12.5. The van der Waals surface area contributed by atoms with Crippen LogP contribution in [0.2, 0.25) is 0 Å². The van der Waals surface area contributed by atoms with Crippen molar-refractivity contribution in [2.75, 3.05) is 13.1 Å². The zero-order chi connectivity index (χ0) is 13.0. The summed E-state index contributed by atoms with van der Waals surface area (Å²) < 4.78 is 0. The average Bonchev–Trinajstić information content (AvgIpc) is 2.69. The standard InChI is InChI=1S/C15H24N2S/c1-12(2)16-10-15-9-14(13(3)18-15)11-17-7-5-4-6-8-17/h4-5,9,12,16H,6-8,10-11H2,1-3H3. The van der Waals surface area contributed by atoms with E-state index in [1.807, 2.05) is 11.3 Å². The highest BCUT2D eigenvalue weighted by atomic mass is 32.1. The molecule has 1 aliphatic rings. The van der Waals surface area contributed by atoms with Crippen molar-refractivity contribution in [2.45, 2.75) is 46.3 Å². The van der Waals surface area contributed by atoms with Gasteiger partial charge in [-0.25, -0.2) is 0 Å². The second kappa shape index (κ2) is 6.50. The van der Waals surface area contributed by atoms with E-state index in [-0.39, 0.29) is 0 Å². The molecule has 0 amide bonds. The lowest BCUT2D eigenvalue weighted by molar-refractivity contribution is 0.290. The minimum Gasteiger partial charge on any atom is -0.310 e. The van der Waals surface area contributed by atoms with E-state index < -0.39 is 0 Å². The zero-order valence-electron chi connectivity index (χ0n) is 11.7. The van der Waals surface area contributed by atoms with Gasteiger partial charge in [0.05, 0.1) is 0 Å². The van der Waals surface area contributed by atoms with Crippen molar-refractivity contribution in [3.05, 3.63) is 33.5 Å². The van der Waals surface area contributed by atoms with Gasteiger partial charge in [-0.05, 0) is 25.0 Å². The highest BCUT2D eigenvalue weighted by molar-refractivity contribution is 7.12. The fourth-order valence-electron chi connectivity index (χ4n) is 2.21. The summed E-state index contributed by atoms with van der Waals surface area (Å²) in [6.07, 6.45) is 5.77. The van der Waals surface area contributed by atoms with Crippen LogP contribution in [0, 0.1) is 6.92 Å². The van der Waals surface area contributed by atoms with Crippen molar-refractivity contribution in [2.24, 2.45) is 0 Å². The maximum Gasteiger partial charge on any atom is 0.0302 e. The molecule has 3 heteroatoms. The number of nitrogens with one attached hydrogen (secondary N) is 1. The lowest BCUT2D eigenvalue weighted by atomic mass is 10.2. The van der Waals surface area contributed by atoms with E-state index in [0.717, 1.165) is 19.6 Å². The predicted molar refractivity (Wildman–Crippen MR) is 80.1 cm³/mol. The molecule has 0 saturated carbocycles. The number of rotatable bonds is 5. The number of thiophene rings is 1. The van der Waals surface area contributed by atoms with E-state index in [9.17, 15) is 0 Å². The van der Waals surface area contributed by atoms with Crippen LogP contribution in [0.4, 0.5) is 0 Å². The Labute approximate surface area is 115 Å². The Balaban J connectivity index is 1.93. The van der Waals surface area contributed by atoms with Crippen LogP contribution in [0.15, 0.2) is 18.2 Å². The summed E-state index contributed by atoms with van der Waals surface area (Å²) >= 11 is 1.94. The Hall–Kier alpha value is -0.640. The first-order valence-corrected chi connectivity index (χ1v) is 7.65. The molecule has 1 aromatic rings. The second-order valence-electron chi connectivity index (χ2n) is 5.32. The van der Waals surface area contributed by atoms with Crippen molar-refractivity contribution >= 4 is 11.3 Å². The van der Waals surface area contributed by atoms with Crippen molar-refractivity contribution in [1.82, 2.24) is 10.2 Å². The molecule has 0 spiro atoms. The van der Waals surface area contributed by atoms with E-state index in [1.165, 1.54) is 28.3 Å². The van der Waals surface area contributed by atoms with Gasteiger partial charge in [-0.1, -0.05) is 26.0 Å². The lowest BCUT2D eigenvalue weighted by Gasteiger charge is -2.22. The normalized spacial score (nSPS) is 16.7. The molecule has 0 saturated heterocycles. The van der Waals surface area contributed by atoms with E-state index in [2.05, 4.69) is 49.2 Å². The van der Waals surface area contributed by atoms with Crippen LogP contribution in [0.1, 0.15) is 35.6 Å². The Morgan fingerprint density at radius 2 is 2.22 bits per heavy atom. The molecule has 100 valence electrons. The number of nitrogens with zero attached hydrogens (tertiary/aromatic N) is 1. The number of hydrogen-bond donors (Lipinski definition) is 1. The van der Waals surface area contributed by atoms with Crippen LogP contribution in [0.25, 0.3) is 0 Å². The summed E-state index contributed by atoms with van der Waals surface area (Å²) in [6, 6.07) is 2.94. The van der Waals surface area contributed by atoms with E-state index >= 15 is 0 Å². The molecule has 0 aromatic carbocycles. The molecule has 1 aliphatic heterocycles. The van der Waals surface area contributed by atoms with Gasteiger partial charge in [-0.15, -0.1) is 11.3 Å². The van der Waals surface area contributed by atoms with Crippen LogP contribution >= 0.6 is 11.3 Å². The number of aryl methyl sites for hydroxylation is 1. The van der Waals surface area contributed by atoms with Crippen molar-refractivity contribution < 1.29 is 0 Å². The molecule has 2 nitrogen and oxygen atoms in total. The van der Waals surface area contributed by atoms with E-state index in [4.69, 9.17) is 0 Å². The quantitative estimate of drug-likeness (QED) is 0.821. The van der Waals surface area contributed by atoms with Gasteiger partial charge in [0.25, 0.3) is 0 Å². The van der Waals surface area contributed by atoms with Gasteiger partial charge in [-0.2, -0.15) is 0 Å². The van der Waals surface area contributed by atoms with Gasteiger partial charge < -0.3 is 5.32 Å². The van der Waals surface area contributed by atoms with Crippen LogP contribution in [-0.4, -0.2) is 24.0 Å². The molecule has 0 fully saturated rings. The SMILES string of the molecule is Cc1sc(CNC(C)C)cc1CN1CC=CCC1. The fourth-order valence-corrected chi connectivity index (χ4v) is 3.22. The second-order valence-corrected chi connectivity index (χ2v) is 6.67. The molecule has 0 radical (unpaired) electrons. The maximum atomic E-state index is 3.49. The summed E-state index contributed by atoms with van der Waals surface area (Å²) in [5, 5.41) is 3.49. The Kier molecular flexibility index (Phi) is 4.98.